The molecular formula is C21H14ClN3. The zero-order valence-corrected chi connectivity index (χ0v) is 14.1. The third kappa shape index (κ3) is 3.28. The summed E-state index contributed by atoms with van der Waals surface area (Å²) in [6.07, 6.45) is 1.64. The lowest BCUT2D eigenvalue weighted by molar-refractivity contribution is 0.871. The second-order valence-electron chi connectivity index (χ2n) is 5.64. The molecule has 4 heteroatoms. The van der Waals surface area contributed by atoms with Crippen LogP contribution in [0.1, 0.15) is 0 Å². The molecule has 0 fully saturated rings. The summed E-state index contributed by atoms with van der Waals surface area (Å²) in [5, 5.41) is 12.3. The average molecular weight is 344 g/mol. The van der Waals surface area contributed by atoms with Crippen molar-refractivity contribution in [3.8, 4) is 33.5 Å². The van der Waals surface area contributed by atoms with Gasteiger partial charge in [-0.05, 0) is 45.7 Å². The van der Waals surface area contributed by atoms with Gasteiger partial charge in [-0.2, -0.15) is 0 Å². The minimum Gasteiger partial charge on any atom is -0.139 e. The second-order valence-corrected chi connectivity index (χ2v) is 6.08. The second kappa shape index (κ2) is 6.83. The van der Waals surface area contributed by atoms with Gasteiger partial charge < -0.3 is 0 Å². The van der Waals surface area contributed by atoms with Crippen molar-refractivity contribution in [2.75, 3.05) is 0 Å². The van der Waals surface area contributed by atoms with E-state index >= 15 is 0 Å². The summed E-state index contributed by atoms with van der Waals surface area (Å²) in [6, 6.07) is 26.4. The zero-order chi connectivity index (χ0) is 17.1. The minimum atomic E-state index is 0.688. The van der Waals surface area contributed by atoms with Crippen molar-refractivity contribution in [1.29, 1.82) is 0 Å². The first-order valence-corrected chi connectivity index (χ1v) is 8.29. The first-order chi connectivity index (χ1) is 12.3. The van der Waals surface area contributed by atoms with E-state index in [1.165, 1.54) is 11.1 Å². The fourth-order valence-corrected chi connectivity index (χ4v) is 3.01. The Kier molecular flexibility index (Phi) is 4.23. The maximum atomic E-state index is 6.23. The lowest BCUT2D eigenvalue weighted by Gasteiger charge is -2.10. The SMILES string of the molecule is Clc1ccc(-c2ccnnn2)c(-c2ccc(-c3ccccc3)cc2)c1. The highest BCUT2D eigenvalue weighted by molar-refractivity contribution is 6.31. The predicted octanol–water partition coefficient (Wildman–Crippen LogP) is 5.53. The van der Waals surface area contributed by atoms with E-state index in [0.29, 0.717) is 5.02 Å². The number of benzene rings is 3. The van der Waals surface area contributed by atoms with E-state index in [-0.39, 0.29) is 0 Å². The number of rotatable bonds is 3. The van der Waals surface area contributed by atoms with Gasteiger partial charge in [-0.25, -0.2) is 0 Å². The van der Waals surface area contributed by atoms with E-state index in [4.69, 9.17) is 11.6 Å². The highest BCUT2D eigenvalue weighted by Gasteiger charge is 2.10. The monoisotopic (exact) mass is 343 g/mol. The predicted molar refractivity (Wildman–Crippen MR) is 101 cm³/mol. The number of aromatic nitrogens is 3. The van der Waals surface area contributed by atoms with Crippen molar-refractivity contribution >= 4 is 11.6 Å². The summed E-state index contributed by atoms with van der Waals surface area (Å²) in [5.74, 6) is 0. The average Bonchev–Trinajstić information content (AvgIpc) is 2.69. The summed E-state index contributed by atoms with van der Waals surface area (Å²) in [7, 11) is 0. The Morgan fingerprint density at radius 1 is 0.640 bits per heavy atom. The zero-order valence-electron chi connectivity index (χ0n) is 13.3. The number of hydrogen-bond donors (Lipinski definition) is 0. The fourth-order valence-electron chi connectivity index (χ4n) is 2.84. The first-order valence-electron chi connectivity index (χ1n) is 7.91. The van der Waals surface area contributed by atoms with Crippen LogP contribution in [0.3, 0.4) is 0 Å². The third-order valence-electron chi connectivity index (χ3n) is 4.06. The Labute approximate surface area is 151 Å². The molecule has 4 aromatic rings. The van der Waals surface area contributed by atoms with Crippen molar-refractivity contribution in [3.63, 3.8) is 0 Å². The van der Waals surface area contributed by atoms with Crippen LogP contribution >= 0.6 is 11.6 Å². The number of hydrogen-bond acceptors (Lipinski definition) is 3. The van der Waals surface area contributed by atoms with Crippen LogP contribution in [-0.4, -0.2) is 15.4 Å². The Balaban J connectivity index is 1.78. The van der Waals surface area contributed by atoms with E-state index in [2.05, 4.69) is 51.8 Å². The van der Waals surface area contributed by atoms with Gasteiger partial charge in [0.15, 0.2) is 0 Å². The van der Waals surface area contributed by atoms with E-state index in [9.17, 15) is 0 Å². The van der Waals surface area contributed by atoms with Gasteiger partial charge in [0.2, 0.25) is 0 Å². The molecule has 1 aromatic heterocycles. The maximum absolute atomic E-state index is 6.23. The Morgan fingerprint density at radius 3 is 2.08 bits per heavy atom. The van der Waals surface area contributed by atoms with Crippen LogP contribution in [0.15, 0.2) is 85.1 Å². The standard InChI is InChI=1S/C21H14ClN3/c22-18-10-11-19(21-12-13-23-25-24-21)20(14-18)17-8-6-16(7-9-17)15-4-2-1-3-5-15/h1-14H. The van der Waals surface area contributed by atoms with Gasteiger partial charge in [0.25, 0.3) is 0 Å². The van der Waals surface area contributed by atoms with E-state index in [0.717, 1.165) is 22.4 Å². The van der Waals surface area contributed by atoms with Crippen molar-refractivity contribution in [1.82, 2.24) is 15.4 Å². The largest absolute Gasteiger partial charge is 0.139 e. The summed E-state index contributed by atoms with van der Waals surface area (Å²) in [4.78, 5) is 0. The number of halogens is 1. The van der Waals surface area contributed by atoms with Gasteiger partial charge in [-0.1, -0.05) is 72.3 Å². The molecule has 0 aliphatic carbocycles. The van der Waals surface area contributed by atoms with Crippen molar-refractivity contribution in [2.45, 2.75) is 0 Å². The van der Waals surface area contributed by atoms with Crippen molar-refractivity contribution < 1.29 is 0 Å². The minimum absolute atomic E-state index is 0.688. The molecule has 3 nitrogen and oxygen atoms in total. The Morgan fingerprint density at radius 2 is 1.36 bits per heavy atom. The molecule has 25 heavy (non-hydrogen) atoms. The molecule has 0 amide bonds. The Hall–Kier alpha value is -3.04. The van der Waals surface area contributed by atoms with Crippen LogP contribution in [0.4, 0.5) is 0 Å². The van der Waals surface area contributed by atoms with Crippen molar-refractivity contribution in [2.24, 2.45) is 0 Å². The highest BCUT2D eigenvalue weighted by Crippen LogP contribution is 2.34. The quantitative estimate of drug-likeness (QED) is 0.491. The normalized spacial score (nSPS) is 10.6. The summed E-state index contributed by atoms with van der Waals surface area (Å²) < 4.78 is 0. The molecule has 0 N–H and O–H groups in total. The smallest absolute Gasteiger partial charge is 0.0969 e. The summed E-state index contributed by atoms with van der Waals surface area (Å²) >= 11 is 6.23. The highest BCUT2D eigenvalue weighted by atomic mass is 35.5. The van der Waals surface area contributed by atoms with Gasteiger partial charge in [0.1, 0.15) is 0 Å². The van der Waals surface area contributed by atoms with Gasteiger partial charge in [0, 0.05) is 10.6 Å². The number of nitrogens with zero attached hydrogens (tertiary/aromatic N) is 3. The lowest BCUT2D eigenvalue weighted by Crippen LogP contribution is -1.92. The molecule has 0 radical (unpaired) electrons. The third-order valence-corrected chi connectivity index (χ3v) is 4.30. The maximum Gasteiger partial charge on any atom is 0.0969 e. The first kappa shape index (κ1) is 15.5. The molecule has 4 rings (SSSR count). The van der Waals surface area contributed by atoms with Crippen LogP contribution in [-0.2, 0) is 0 Å². The molecule has 0 saturated carbocycles. The van der Waals surface area contributed by atoms with E-state index in [1.807, 2.05) is 42.5 Å². The molecule has 120 valence electrons. The molecule has 0 aliphatic heterocycles. The molecule has 3 aromatic carbocycles. The molecule has 0 aliphatic rings. The van der Waals surface area contributed by atoms with E-state index < -0.39 is 0 Å². The fraction of sp³-hybridized carbons (Fsp3) is 0. The van der Waals surface area contributed by atoms with Crippen molar-refractivity contribution in [3.05, 3.63) is 90.1 Å². The Bertz CT molecular complexity index is 985. The van der Waals surface area contributed by atoms with Gasteiger partial charge in [-0.3, -0.25) is 0 Å². The van der Waals surface area contributed by atoms with Crippen LogP contribution in [0.2, 0.25) is 5.02 Å². The van der Waals surface area contributed by atoms with Gasteiger partial charge in [0.05, 0.1) is 11.9 Å². The molecule has 0 spiro atoms. The topological polar surface area (TPSA) is 38.7 Å². The van der Waals surface area contributed by atoms with Crippen LogP contribution in [0.25, 0.3) is 33.5 Å². The van der Waals surface area contributed by atoms with E-state index in [1.54, 1.807) is 6.20 Å². The van der Waals surface area contributed by atoms with Gasteiger partial charge in [-0.15, -0.1) is 10.2 Å². The lowest BCUT2D eigenvalue weighted by atomic mass is 9.95. The molecular weight excluding hydrogens is 330 g/mol. The van der Waals surface area contributed by atoms with Crippen LogP contribution < -0.4 is 0 Å². The van der Waals surface area contributed by atoms with Crippen LogP contribution in [0, 0.1) is 0 Å². The summed E-state index contributed by atoms with van der Waals surface area (Å²) in [5.41, 5.74) is 6.22. The molecule has 0 atom stereocenters. The van der Waals surface area contributed by atoms with Crippen LogP contribution in [0.5, 0.6) is 0 Å². The summed E-state index contributed by atoms with van der Waals surface area (Å²) in [6.45, 7) is 0. The van der Waals surface area contributed by atoms with Gasteiger partial charge >= 0.3 is 0 Å². The molecule has 0 bridgehead atoms. The molecule has 0 saturated heterocycles. The molecule has 1 heterocycles. The molecule has 0 unspecified atom stereocenters.